The maximum absolute atomic E-state index is 13.0. The summed E-state index contributed by atoms with van der Waals surface area (Å²) in [5.74, 6) is -0.0566. The zero-order chi connectivity index (χ0) is 18.0. The highest BCUT2D eigenvalue weighted by Crippen LogP contribution is 2.21. The van der Waals surface area contributed by atoms with Gasteiger partial charge in [0.1, 0.15) is 11.8 Å². The van der Waals surface area contributed by atoms with Crippen LogP contribution in [0, 0.1) is 32.1 Å². The van der Waals surface area contributed by atoms with Gasteiger partial charge >= 0.3 is 0 Å². The number of pyridine rings is 1. The molecule has 2 aromatic heterocycles. The van der Waals surface area contributed by atoms with Gasteiger partial charge in [-0.1, -0.05) is 0 Å². The molecule has 0 unspecified atom stereocenters. The zero-order valence-corrected chi connectivity index (χ0v) is 15.0. The van der Waals surface area contributed by atoms with Crippen molar-refractivity contribution in [3.05, 3.63) is 46.5 Å². The van der Waals surface area contributed by atoms with Crippen molar-refractivity contribution in [2.24, 2.45) is 0 Å². The molecule has 1 amide bonds. The largest absolute Gasteiger partial charge is 0.332 e. The summed E-state index contributed by atoms with van der Waals surface area (Å²) < 4.78 is 1.99. The molecule has 3 heterocycles. The van der Waals surface area contributed by atoms with Crippen LogP contribution in [-0.2, 0) is 6.54 Å². The Morgan fingerprint density at radius 3 is 2.76 bits per heavy atom. The lowest BCUT2D eigenvalue weighted by atomic mass is 10.0. The number of piperidine rings is 1. The van der Waals surface area contributed by atoms with Crippen molar-refractivity contribution < 1.29 is 4.79 Å². The molecule has 1 aliphatic rings. The summed E-state index contributed by atoms with van der Waals surface area (Å²) in [6, 6.07) is 7.60. The highest BCUT2D eigenvalue weighted by molar-refractivity contribution is 5.92. The molecule has 1 atom stereocenters. The average molecular weight is 337 g/mol. The number of carbonyl (C=O) groups excluding carboxylic acids is 1. The van der Waals surface area contributed by atoms with Crippen LogP contribution in [0.4, 0.5) is 0 Å². The van der Waals surface area contributed by atoms with Crippen molar-refractivity contribution >= 4 is 5.91 Å². The lowest BCUT2D eigenvalue weighted by Crippen LogP contribution is -2.46. The van der Waals surface area contributed by atoms with Gasteiger partial charge in [-0.2, -0.15) is 10.4 Å². The molecular weight excluding hydrogens is 314 g/mol. The molecular formula is C19H23N5O. The van der Waals surface area contributed by atoms with E-state index in [-0.39, 0.29) is 11.9 Å². The minimum absolute atomic E-state index is 0.0566. The Morgan fingerprint density at radius 2 is 2.12 bits per heavy atom. The number of hydrogen-bond acceptors (Lipinski definition) is 4. The van der Waals surface area contributed by atoms with Crippen LogP contribution in [0.1, 0.15) is 52.4 Å². The maximum atomic E-state index is 13.0. The molecule has 1 saturated heterocycles. The molecule has 0 saturated carbocycles. The van der Waals surface area contributed by atoms with Gasteiger partial charge in [0, 0.05) is 12.2 Å². The third-order valence-corrected chi connectivity index (χ3v) is 4.80. The van der Waals surface area contributed by atoms with Crippen molar-refractivity contribution in [1.82, 2.24) is 19.7 Å². The van der Waals surface area contributed by atoms with Crippen molar-refractivity contribution in [1.29, 1.82) is 5.26 Å². The molecule has 2 aromatic rings. The minimum atomic E-state index is -0.0566. The van der Waals surface area contributed by atoms with E-state index in [1.807, 2.05) is 23.4 Å². The van der Waals surface area contributed by atoms with Crippen molar-refractivity contribution in [2.75, 3.05) is 6.54 Å². The van der Waals surface area contributed by atoms with Gasteiger partial charge in [-0.05, 0) is 58.2 Å². The number of rotatable bonds is 3. The van der Waals surface area contributed by atoms with E-state index in [2.05, 4.69) is 22.2 Å². The number of likely N-dealkylation sites (tertiary alicyclic amines) is 1. The average Bonchev–Trinajstić information content (AvgIpc) is 2.92. The second-order valence-corrected chi connectivity index (χ2v) is 6.70. The highest BCUT2D eigenvalue weighted by Gasteiger charge is 2.29. The molecule has 3 rings (SSSR count). The predicted molar refractivity (Wildman–Crippen MR) is 94.1 cm³/mol. The number of amides is 1. The highest BCUT2D eigenvalue weighted by atomic mass is 16.2. The molecule has 25 heavy (non-hydrogen) atoms. The van der Waals surface area contributed by atoms with Gasteiger partial charge in [-0.25, -0.2) is 4.98 Å². The quantitative estimate of drug-likeness (QED) is 0.863. The third-order valence-electron chi connectivity index (χ3n) is 4.80. The molecule has 0 N–H and O–H groups in total. The summed E-state index contributed by atoms with van der Waals surface area (Å²) in [7, 11) is 0. The Bertz CT molecular complexity index is 833. The Kier molecular flexibility index (Phi) is 4.84. The lowest BCUT2D eigenvalue weighted by molar-refractivity contribution is 0.0576. The Hall–Kier alpha value is -2.68. The monoisotopic (exact) mass is 337 g/mol. The fraction of sp³-hybridized carbons (Fsp3) is 0.474. The van der Waals surface area contributed by atoms with Crippen LogP contribution in [0.2, 0.25) is 0 Å². The van der Waals surface area contributed by atoms with Gasteiger partial charge in [0.15, 0.2) is 0 Å². The van der Waals surface area contributed by atoms with Gasteiger partial charge < -0.3 is 4.90 Å². The van der Waals surface area contributed by atoms with E-state index in [9.17, 15) is 4.79 Å². The van der Waals surface area contributed by atoms with Crippen LogP contribution in [0.15, 0.2) is 18.2 Å². The van der Waals surface area contributed by atoms with Crippen LogP contribution >= 0.6 is 0 Å². The third kappa shape index (κ3) is 3.55. The molecule has 6 heteroatoms. The Labute approximate surface area is 148 Å². The lowest BCUT2D eigenvalue weighted by Gasteiger charge is -2.35. The van der Waals surface area contributed by atoms with Crippen molar-refractivity contribution in [2.45, 2.75) is 52.6 Å². The van der Waals surface area contributed by atoms with E-state index in [1.165, 1.54) is 0 Å². The first kappa shape index (κ1) is 17.2. The second kappa shape index (κ2) is 7.06. The first-order valence-corrected chi connectivity index (χ1v) is 8.69. The molecule has 0 aromatic carbocycles. The summed E-state index contributed by atoms with van der Waals surface area (Å²) in [5, 5.41) is 13.6. The molecule has 130 valence electrons. The van der Waals surface area contributed by atoms with Gasteiger partial charge in [0.25, 0.3) is 5.91 Å². The van der Waals surface area contributed by atoms with Crippen LogP contribution < -0.4 is 0 Å². The first-order chi connectivity index (χ1) is 12.0. The van der Waals surface area contributed by atoms with E-state index >= 15 is 0 Å². The van der Waals surface area contributed by atoms with Gasteiger partial charge in [-0.15, -0.1) is 0 Å². The summed E-state index contributed by atoms with van der Waals surface area (Å²) in [5.41, 5.74) is 3.63. The van der Waals surface area contributed by atoms with E-state index < -0.39 is 0 Å². The van der Waals surface area contributed by atoms with Crippen molar-refractivity contribution in [3.8, 4) is 6.07 Å². The fourth-order valence-corrected chi connectivity index (χ4v) is 3.46. The number of aryl methyl sites for hydroxylation is 3. The van der Waals surface area contributed by atoms with Crippen LogP contribution in [-0.4, -0.2) is 38.2 Å². The van der Waals surface area contributed by atoms with Crippen LogP contribution in [0.5, 0.6) is 0 Å². The topological polar surface area (TPSA) is 74.8 Å². The van der Waals surface area contributed by atoms with E-state index in [1.54, 1.807) is 19.1 Å². The summed E-state index contributed by atoms with van der Waals surface area (Å²) >= 11 is 0. The minimum Gasteiger partial charge on any atom is -0.332 e. The summed E-state index contributed by atoms with van der Waals surface area (Å²) in [6.45, 7) is 7.24. The van der Waals surface area contributed by atoms with Gasteiger partial charge in [0.2, 0.25) is 0 Å². The normalized spacial score (nSPS) is 17.4. The molecule has 0 radical (unpaired) electrons. The first-order valence-electron chi connectivity index (χ1n) is 8.69. The Morgan fingerprint density at radius 1 is 1.32 bits per heavy atom. The number of aromatic nitrogens is 3. The van der Waals surface area contributed by atoms with E-state index in [0.29, 0.717) is 23.5 Å². The molecule has 0 bridgehead atoms. The predicted octanol–water partition coefficient (Wildman–Crippen LogP) is 2.77. The molecule has 1 fully saturated rings. The number of nitrogens with zero attached hydrogens (tertiary/aromatic N) is 5. The van der Waals surface area contributed by atoms with Gasteiger partial charge in [-0.3, -0.25) is 9.48 Å². The molecule has 0 aliphatic carbocycles. The maximum Gasteiger partial charge on any atom is 0.272 e. The van der Waals surface area contributed by atoms with Gasteiger partial charge in [0.05, 0.1) is 29.5 Å². The number of hydrogen-bond donors (Lipinski definition) is 0. The SMILES string of the molecule is Cc1cc(C)n(C[C@H]2CCCCN2C(=O)c2ccc(C#N)c(C)n2)n1. The number of nitriles is 1. The summed E-state index contributed by atoms with van der Waals surface area (Å²) in [6.07, 6.45) is 3.10. The number of carbonyl (C=O) groups is 1. The molecule has 0 spiro atoms. The standard InChI is InChI=1S/C19H23N5O/c1-13-10-14(2)24(22-13)12-17-6-4-5-9-23(17)19(25)18-8-7-16(11-20)15(3)21-18/h7-8,10,17H,4-6,9,12H2,1-3H3/t17-/m1/s1. The van der Waals surface area contributed by atoms with Crippen LogP contribution in [0.3, 0.4) is 0 Å². The zero-order valence-electron chi connectivity index (χ0n) is 15.0. The van der Waals surface area contributed by atoms with Crippen molar-refractivity contribution in [3.63, 3.8) is 0 Å². The molecule has 1 aliphatic heterocycles. The van der Waals surface area contributed by atoms with E-state index in [0.717, 1.165) is 37.2 Å². The summed E-state index contributed by atoms with van der Waals surface area (Å²) in [4.78, 5) is 19.3. The smallest absolute Gasteiger partial charge is 0.272 e. The molecule has 6 nitrogen and oxygen atoms in total. The van der Waals surface area contributed by atoms with Crippen LogP contribution in [0.25, 0.3) is 0 Å². The fourth-order valence-electron chi connectivity index (χ4n) is 3.46. The van der Waals surface area contributed by atoms with E-state index in [4.69, 9.17) is 5.26 Å². The Balaban J connectivity index is 1.83. The second-order valence-electron chi connectivity index (χ2n) is 6.70.